The fourth-order valence-corrected chi connectivity index (χ4v) is 3.19. The first-order valence-corrected chi connectivity index (χ1v) is 8.58. The van der Waals surface area contributed by atoms with E-state index in [-0.39, 0.29) is 11.5 Å². The van der Waals surface area contributed by atoms with Gasteiger partial charge in [0, 0.05) is 31.3 Å². The van der Waals surface area contributed by atoms with Gasteiger partial charge in [-0.2, -0.15) is 0 Å². The van der Waals surface area contributed by atoms with Gasteiger partial charge in [0.25, 0.3) is 11.5 Å². The van der Waals surface area contributed by atoms with Crippen LogP contribution in [0.5, 0.6) is 0 Å². The number of benzene rings is 2. The molecule has 2 heterocycles. The van der Waals surface area contributed by atoms with E-state index < -0.39 is 0 Å². The Morgan fingerprint density at radius 1 is 1.04 bits per heavy atom. The molecular weight excluding hydrogens is 330 g/mol. The van der Waals surface area contributed by atoms with Crippen molar-refractivity contribution in [2.45, 2.75) is 0 Å². The molecule has 0 bridgehead atoms. The van der Waals surface area contributed by atoms with E-state index in [1.54, 1.807) is 40.8 Å². The van der Waals surface area contributed by atoms with Crippen LogP contribution in [-0.4, -0.2) is 46.7 Å². The standard InChI is InChI=1S/C20H19N3O3/c1-22-17-5-3-2-4-16(17)21-18(20(22)25)14-6-8-15(9-7-14)19(24)23-10-12-26-13-11-23/h2-9H,10-13H2,1H3. The van der Waals surface area contributed by atoms with Gasteiger partial charge < -0.3 is 14.2 Å². The minimum Gasteiger partial charge on any atom is -0.378 e. The van der Waals surface area contributed by atoms with Gasteiger partial charge in [-0.15, -0.1) is 0 Å². The molecule has 0 atom stereocenters. The first kappa shape index (κ1) is 16.5. The molecule has 0 spiro atoms. The van der Waals surface area contributed by atoms with Gasteiger partial charge in [-0.3, -0.25) is 9.59 Å². The van der Waals surface area contributed by atoms with Gasteiger partial charge in [0.2, 0.25) is 0 Å². The molecule has 1 fully saturated rings. The normalized spacial score (nSPS) is 14.6. The maximum atomic E-state index is 12.7. The lowest BCUT2D eigenvalue weighted by molar-refractivity contribution is 0.0303. The Bertz CT molecular complexity index is 1020. The molecule has 6 nitrogen and oxygen atoms in total. The molecule has 0 aliphatic carbocycles. The smallest absolute Gasteiger partial charge is 0.277 e. The Kier molecular flexibility index (Phi) is 4.26. The number of ether oxygens (including phenoxy) is 1. The van der Waals surface area contributed by atoms with Crippen molar-refractivity contribution in [3.05, 3.63) is 64.4 Å². The monoisotopic (exact) mass is 349 g/mol. The number of aromatic nitrogens is 2. The van der Waals surface area contributed by atoms with Crippen molar-refractivity contribution in [2.24, 2.45) is 7.05 Å². The van der Waals surface area contributed by atoms with Crippen molar-refractivity contribution in [3.8, 4) is 11.3 Å². The number of carbonyl (C=O) groups is 1. The number of rotatable bonds is 2. The number of carbonyl (C=O) groups excluding carboxylic acids is 1. The zero-order valence-electron chi connectivity index (χ0n) is 14.5. The van der Waals surface area contributed by atoms with Crippen LogP contribution in [0.3, 0.4) is 0 Å². The lowest BCUT2D eigenvalue weighted by Crippen LogP contribution is -2.40. The largest absolute Gasteiger partial charge is 0.378 e. The van der Waals surface area contributed by atoms with Gasteiger partial charge in [0.15, 0.2) is 0 Å². The van der Waals surface area contributed by atoms with Gasteiger partial charge in [0.05, 0.1) is 24.2 Å². The predicted octanol–water partition coefficient (Wildman–Crippen LogP) is 2.07. The average molecular weight is 349 g/mol. The van der Waals surface area contributed by atoms with Gasteiger partial charge in [-0.05, 0) is 24.3 Å². The molecule has 1 aliphatic heterocycles. The van der Waals surface area contributed by atoms with E-state index in [1.807, 2.05) is 24.3 Å². The molecule has 132 valence electrons. The second-order valence-corrected chi connectivity index (χ2v) is 6.30. The minimum atomic E-state index is -0.157. The van der Waals surface area contributed by atoms with Crippen LogP contribution < -0.4 is 5.56 Å². The fraction of sp³-hybridized carbons (Fsp3) is 0.250. The summed E-state index contributed by atoms with van der Waals surface area (Å²) in [6.45, 7) is 2.35. The fourth-order valence-electron chi connectivity index (χ4n) is 3.19. The Hall–Kier alpha value is -2.99. The van der Waals surface area contributed by atoms with Gasteiger partial charge in [0.1, 0.15) is 5.69 Å². The molecule has 6 heteroatoms. The Labute approximate surface area is 150 Å². The number of para-hydroxylation sites is 2. The van der Waals surface area contributed by atoms with Crippen LogP contribution in [0.25, 0.3) is 22.3 Å². The van der Waals surface area contributed by atoms with Crippen molar-refractivity contribution in [1.29, 1.82) is 0 Å². The van der Waals surface area contributed by atoms with Crippen LogP contribution in [0, 0.1) is 0 Å². The van der Waals surface area contributed by atoms with E-state index in [0.29, 0.717) is 43.1 Å². The molecule has 4 rings (SSSR count). The molecule has 1 amide bonds. The summed E-state index contributed by atoms with van der Waals surface area (Å²) in [7, 11) is 1.74. The van der Waals surface area contributed by atoms with E-state index in [1.165, 1.54) is 0 Å². The summed E-state index contributed by atoms with van der Waals surface area (Å²) < 4.78 is 6.88. The number of nitrogens with zero attached hydrogens (tertiary/aromatic N) is 3. The summed E-state index contributed by atoms with van der Waals surface area (Å²) in [5.74, 6) is -0.0146. The maximum Gasteiger partial charge on any atom is 0.277 e. The van der Waals surface area contributed by atoms with Crippen LogP contribution >= 0.6 is 0 Å². The highest BCUT2D eigenvalue weighted by molar-refractivity contribution is 5.94. The molecule has 1 aliphatic rings. The molecular formula is C20H19N3O3. The summed E-state index contributed by atoms with van der Waals surface area (Å²) in [5.41, 5.74) is 3.09. The third-order valence-electron chi connectivity index (χ3n) is 4.69. The highest BCUT2D eigenvalue weighted by Gasteiger charge is 2.19. The maximum absolute atomic E-state index is 12.7. The molecule has 2 aromatic carbocycles. The highest BCUT2D eigenvalue weighted by atomic mass is 16.5. The van der Waals surface area contributed by atoms with Gasteiger partial charge >= 0.3 is 0 Å². The Balaban J connectivity index is 1.69. The van der Waals surface area contributed by atoms with Crippen molar-refractivity contribution in [1.82, 2.24) is 14.5 Å². The van der Waals surface area contributed by atoms with Crippen molar-refractivity contribution in [3.63, 3.8) is 0 Å². The summed E-state index contributed by atoms with van der Waals surface area (Å²) in [6, 6.07) is 14.6. The third kappa shape index (κ3) is 2.88. The van der Waals surface area contributed by atoms with E-state index in [4.69, 9.17) is 4.74 Å². The lowest BCUT2D eigenvalue weighted by atomic mass is 10.1. The van der Waals surface area contributed by atoms with Gasteiger partial charge in [-0.25, -0.2) is 4.98 Å². The molecule has 1 saturated heterocycles. The van der Waals surface area contributed by atoms with Crippen molar-refractivity contribution in [2.75, 3.05) is 26.3 Å². The first-order valence-electron chi connectivity index (χ1n) is 8.58. The van der Waals surface area contributed by atoms with Crippen LogP contribution in [-0.2, 0) is 11.8 Å². The van der Waals surface area contributed by atoms with E-state index in [0.717, 1.165) is 11.0 Å². The number of hydrogen-bond donors (Lipinski definition) is 0. The molecule has 0 radical (unpaired) electrons. The molecule has 0 saturated carbocycles. The Morgan fingerprint density at radius 2 is 1.73 bits per heavy atom. The van der Waals surface area contributed by atoms with Crippen LogP contribution in [0.1, 0.15) is 10.4 Å². The van der Waals surface area contributed by atoms with E-state index in [9.17, 15) is 9.59 Å². The molecule has 0 N–H and O–H groups in total. The van der Waals surface area contributed by atoms with Gasteiger partial charge in [-0.1, -0.05) is 24.3 Å². The number of aryl methyl sites for hydroxylation is 1. The summed E-state index contributed by atoms with van der Waals surface area (Å²) in [6.07, 6.45) is 0. The van der Waals surface area contributed by atoms with Crippen LogP contribution in [0.4, 0.5) is 0 Å². The topological polar surface area (TPSA) is 64.4 Å². The zero-order chi connectivity index (χ0) is 18.1. The van der Waals surface area contributed by atoms with Crippen molar-refractivity contribution < 1.29 is 9.53 Å². The zero-order valence-corrected chi connectivity index (χ0v) is 14.5. The number of amides is 1. The van der Waals surface area contributed by atoms with Crippen molar-refractivity contribution >= 4 is 16.9 Å². The molecule has 0 unspecified atom stereocenters. The molecule has 3 aromatic rings. The molecule has 26 heavy (non-hydrogen) atoms. The SMILES string of the molecule is Cn1c(=O)c(-c2ccc(C(=O)N3CCOCC3)cc2)nc2ccccc21. The average Bonchev–Trinajstić information content (AvgIpc) is 2.71. The molecule has 1 aromatic heterocycles. The quantitative estimate of drug-likeness (QED) is 0.710. The van der Waals surface area contributed by atoms with Crippen LogP contribution in [0.2, 0.25) is 0 Å². The minimum absolute atomic E-state index is 0.0146. The van der Waals surface area contributed by atoms with E-state index in [2.05, 4.69) is 4.98 Å². The number of fused-ring (bicyclic) bond motifs is 1. The Morgan fingerprint density at radius 3 is 2.46 bits per heavy atom. The second kappa shape index (κ2) is 6.72. The van der Waals surface area contributed by atoms with Crippen LogP contribution in [0.15, 0.2) is 53.3 Å². The summed E-state index contributed by atoms with van der Waals surface area (Å²) in [4.78, 5) is 31.5. The summed E-state index contributed by atoms with van der Waals surface area (Å²) in [5, 5.41) is 0. The predicted molar refractivity (Wildman–Crippen MR) is 99.1 cm³/mol. The first-order chi connectivity index (χ1) is 12.6. The second-order valence-electron chi connectivity index (χ2n) is 6.30. The highest BCUT2D eigenvalue weighted by Crippen LogP contribution is 2.18. The lowest BCUT2D eigenvalue weighted by Gasteiger charge is -2.26. The summed E-state index contributed by atoms with van der Waals surface area (Å²) >= 11 is 0. The van der Waals surface area contributed by atoms with E-state index >= 15 is 0 Å². The number of hydrogen-bond acceptors (Lipinski definition) is 4. The number of morpholine rings is 1. The third-order valence-corrected chi connectivity index (χ3v) is 4.69.